The van der Waals surface area contributed by atoms with E-state index >= 15 is 0 Å². The average molecular weight is 383 g/mol. The third kappa shape index (κ3) is 3.21. The van der Waals surface area contributed by atoms with Crippen molar-refractivity contribution in [2.75, 3.05) is 0 Å². The molecule has 2 heterocycles. The van der Waals surface area contributed by atoms with E-state index in [4.69, 9.17) is 9.15 Å². The van der Waals surface area contributed by atoms with Gasteiger partial charge in [-0.3, -0.25) is 9.59 Å². The number of aryl methyl sites for hydroxylation is 1. The van der Waals surface area contributed by atoms with Gasteiger partial charge in [0, 0.05) is 17.0 Å². The molecule has 1 saturated carbocycles. The standard InChI is InChI=1S/C23H29NO4/c1-5-23(4)12-16(25)20-18(28-23)11-10-17-19(20)14(3)21(27-17)22(26)24-15-8-6-13(2)7-9-15/h10-11,13,15H,5-9,12H2,1-4H3,(H,24,26). The van der Waals surface area contributed by atoms with Gasteiger partial charge in [0.2, 0.25) is 0 Å². The Morgan fingerprint density at radius 2 is 1.96 bits per heavy atom. The molecule has 5 heteroatoms. The molecule has 0 spiro atoms. The fraction of sp³-hybridized carbons (Fsp3) is 0.565. The Bertz CT molecular complexity index is 936. The molecule has 0 bridgehead atoms. The van der Waals surface area contributed by atoms with Crippen LogP contribution in [0.3, 0.4) is 0 Å². The maximum Gasteiger partial charge on any atom is 0.287 e. The number of ether oxygens (including phenoxy) is 1. The van der Waals surface area contributed by atoms with Crippen LogP contribution in [0.5, 0.6) is 5.75 Å². The molecule has 1 aliphatic carbocycles. The number of carbonyl (C=O) groups excluding carboxylic acids is 2. The number of benzene rings is 1. The molecule has 1 N–H and O–H groups in total. The Morgan fingerprint density at radius 1 is 1.25 bits per heavy atom. The van der Waals surface area contributed by atoms with Crippen molar-refractivity contribution >= 4 is 22.7 Å². The molecule has 2 aliphatic rings. The maximum atomic E-state index is 12.9. The minimum atomic E-state index is -0.478. The number of amides is 1. The zero-order valence-corrected chi connectivity index (χ0v) is 17.2. The molecule has 1 aliphatic heterocycles. The summed E-state index contributed by atoms with van der Waals surface area (Å²) in [6.07, 6.45) is 5.38. The predicted octanol–water partition coefficient (Wildman–Crippen LogP) is 5.18. The van der Waals surface area contributed by atoms with Crippen molar-refractivity contribution in [3.8, 4) is 5.75 Å². The summed E-state index contributed by atoms with van der Waals surface area (Å²) in [5.74, 6) is 1.48. The second kappa shape index (κ2) is 6.94. The van der Waals surface area contributed by atoms with Gasteiger partial charge in [0.1, 0.15) is 16.9 Å². The number of hydrogen-bond donors (Lipinski definition) is 1. The van der Waals surface area contributed by atoms with E-state index in [0.717, 1.165) is 38.0 Å². The van der Waals surface area contributed by atoms with Crippen molar-refractivity contribution in [2.45, 2.75) is 77.9 Å². The van der Waals surface area contributed by atoms with Crippen LogP contribution in [0.25, 0.3) is 11.0 Å². The van der Waals surface area contributed by atoms with E-state index in [2.05, 4.69) is 12.2 Å². The average Bonchev–Trinajstić information content (AvgIpc) is 3.00. The van der Waals surface area contributed by atoms with Crippen molar-refractivity contribution in [1.82, 2.24) is 5.32 Å². The summed E-state index contributed by atoms with van der Waals surface area (Å²) in [4.78, 5) is 25.8. The molecule has 1 fully saturated rings. The van der Waals surface area contributed by atoms with Gasteiger partial charge in [-0.05, 0) is 64.0 Å². The van der Waals surface area contributed by atoms with Crippen molar-refractivity contribution < 1.29 is 18.7 Å². The summed E-state index contributed by atoms with van der Waals surface area (Å²) in [7, 11) is 0. The third-order valence-electron chi connectivity index (χ3n) is 6.53. The van der Waals surface area contributed by atoms with Crippen LogP contribution in [-0.4, -0.2) is 23.3 Å². The van der Waals surface area contributed by atoms with Gasteiger partial charge in [-0.1, -0.05) is 13.8 Å². The topological polar surface area (TPSA) is 68.5 Å². The van der Waals surface area contributed by atoms with E-state index < -0.39 is 5.60 Å². The Labute approximate surface area is 165 Å². The zero-order chi connectivity index (χ0) is 20.1. The van der Waals surface area contributed by atoms with Gasteiger partial charge in [0.05, 0.1) is 12.0 Å². The number of furan rings is 1. The molecule has 2 aromatic rings. The van der Waals surface area contributed by atoms with Crippen LogP contribution in [0, 0.1) is 12.8 Å². The minimum Gasteiger partial charge on any atom is -0.486 e. The number of rotatable bonds is 3. The van der Waals surface area contributed by atoms with Crippen molar-refractivity contribution in [3.63, 3.8) is 0 Å². The molecule has 1 aromatic carbocycles. The first-order valence-electron chi connectivity index (χ1n) is 10.4. The van der Waals surface area contributed by atoms with Crippen LogP contribution in [0.2, 0.25) is 0 Å². The summed E-state index contributed by atoms with van der Waals surface area (Å²) in [5.41, 5.74) is 1.35. The van der Waals surface area contributed by atoms with E-state index in [-0.39, 0.29) is 17.7 Å². The predicted molar refractivity (Wildman–Crippen MR) is 108 cm³/mol. The van der Waals surface area contributed by atoms with E-state index in [9.17, 15) is 9.59 Å². The van der Waals surface area contributed by atoms with Gasteiger partial charge in [-0.25, -0.2) is 0 Å². The van der Waals surface area contributed by atoms with E-state index in [1.165, 1.54) is 0 Å². The highest BCUT2D eigenvalue weighted by atomic mass is 16.5. The molecule has 1 aromatic heterocycles. The number of nitrogens with one attached hydrogen (secondary N) is 1. The minimum absolute atomic E-state index is 0.0494. The first-order chi connectivity index (χ1) is 13.3. The van der Waals surface area contributed by atoms with Gasteiger partial charge in [0.25, 0.3) is 5.91 Å². The highest BCUT2D eigenvalue weighted by Gasteiger charge is 2.37. The molecule has 28 heavy (non-hydrogen) atoms. The van der Waals surface area contributed by atoms with Gasteiger partial charge >= 0.3 is 0 Å². The molecular formula is C23H29NO4. The molecule has 5 nitrogen and oxygen atoms in total. The Balaban J connectivity index is 1.67. The number of Topliss-reactive ketones (excluding diaryl/α,β-unsaturated/α-hetero) is 1. The lowest BCUT2D eigenvalue weighted by molar-refractivity contribution is 0.0503. The second-order valence-corrected chi connectivity index (χ2v) is 8.80. The summed E-state index contributed by atoms with van der Waals surface area (Å²) in [5, 5.41) is 3.83. The highest BCUT2D eigenvalue weighted by Crippen LogP contribution is 2.41. The van der Waals surface area contributed by atoms with E-state index in [1.54, 1.807) is 12.1 Å². The fourth-order valence-corrected chi connectivity index (χ4v) is 4.48. The van der Waals surface area contributed by atoms with Crippen LogP contribution < -0.4 is 10.1 Å². The zero-order valence-electron chi connectivity index (χ0n) is 17.2. The largest absolute Gasteiger partial charge is 0.486 e. The van der Waals surface area contributed by atoms with Crippen LogP contribution in [0.1, 0.15) is 85.8 Å². The lowest BCUT2D eigenvalue weighted by atomic mass is 9.87. The number of ketones is 1. The van der Waals surface area contributed by atoms with Gasteiger partial charge in [-0.2, -0.15) is 0 Å². The first kappa shape index (κ1) is 19.0. The van der Waals surface area contributed by atoms with Crippen molar-refractivity contribution in [3.05, 3.63) is 29.0 Å². The molecule has 1 unspecified atom stereocenters. The number of carbonyl (C=O) groups is 2. The van der Waals surface area contributed by atoms with Crippen LogP contribution in [-0.2, 0) is 0 Å². The van der Waals surface area contributed by atoms with Gasteiger partial charge in [-0.15, -0.1) is 0 Å². The SMILES string of the molecule is CCC1(C)CC(=O)c2c(ccc3oc(C(=O)NC4CCC(C)CC4)c(C)c23)O1. The van der Waals surface area contributed by atoms with Crippen LogP contribution >= 0.6 is 0 Å². The Hall–Kier alpha value is -2.30. The van der Waals surface area contributed by atoms with E-state index in [0.29, 0.717) is 40.0 Å². The molecule has 0 radical (unpaired) electrons. The molecule has 0 saturated heterocycles. The summed E-state index contributed by atoms with van der Waals surface area (Å²) < 4.78 is 12.0. The quantitative estimate of drug-likeness (QED) is 0.792. The van der Waals surface area contributed by atoms with Crippen molar-refractivity contribution in [1.29, 1.82) is 0 Å². The summed E-state index contributed by atoms with van der Waals surface area (Å²) in [6.45, 7) is 8.09. The summed E-state index contributed by atoms with van der Waals surface area (Å²) >= 11 is 0. The molecular weight excluding hydrogens is 354 g/mol. The number of fused-ring (bicyclic) bond motifs is 3. The van der Waals surface area contributed by atoms with Crippen LogP contribution in [0.15, 0.2) is 16.5 Å². The van der Waals surface area contributed by atoms with Crippen molar-refractivity contribution in [2.24, 2.45) is 5.92 Å². The number of hydrogen-bond acceptors (Lipinski definition) is 4. The van der Waals surface area contributed by atoms with Gasteiger partial charge < -0.3 is 14.5 Å². The third-order valence-corrected chi connectivity index (χ3v) is 6.53. The Morgan fingerprint density at radius 3 is 2.64 bits per heavy atom. The lowest BCUT2D eigenvalue weighted by Gasteiger charge is -2.34. The monoisotopic (exact) mass is 383 g/mol. The van der Waals surface area contributed by atoms with Gasteiger partial charge in [0.15, 0.2) is 11.5 Å². The van der Waals surface area contributed by atoms with Crippen LogP contribution in [0.4, 0.5) is 0 Å². The van der Waals surface area contributed by atoms with E-state index in [1.807, 2.05) is 20.8 Å². The fourth-order valence-electron chi connectivity index (χ4n) is 4.48. The normalized spacial score (nSPS) is 27.4. The second-order valence-electron chi connectivity index (χ2n) is 8.80. The first-order valence-corrected chi connectivity index (χ1v) is 10.4. The Kier molecular flexibility index (Phi) is 4.72. The summed E-state index contributed by atoms with van der Waals surface area (Å²) in [6, 6.07) is 3.78. The lowest BCUT2D eigenvalue weighted by Crippen LogP contribution is -2.38. The highest BCUT2D eigenvalue weighted by molar-refractivity contribution is 6.13. The maximum absolute atomic E-state index is 12.9. The molecule has 1 atom stereocenters. The molecule has 1 amide bonds. The molecule has 4 rings (SSSR count). The molecule has 150 valence electrons. The smallest absolute Gasteiger partial charge is 0.287 e.